The van der Waals surface area contributed by atoms with Crippen molar-refractivity contribution in [2.24, 2.45) is 23.7 Å². The fraction of sp³-hybridized carbons (Fsp3) is 0.750. The highest BCUT2D eigenvalue weighted by Gasteiger charge is 2.43. The molecule has 0 amide bonds. The second kappa shape index (κ2) is 9.47. The van der Waals surface area contributed by atoms with Crippen LogP contribution < -0.4 is 0 Å². The molecule has 0 aromatic rings. The van der Waals surface area contributed by atoms with E-state index in [2.05, 4.69) is 32.1 Å². The first kappa shape index (κ1) is 23.4. The van der Waals surface area contributed by atoms with Crippen LogP contribution in [0.4, 0.5) is 0 Å². The van der Waals surface area contributed by atoms with E-state index in [4.69, 9.17) is 9.47 Å². The lowest BCUT2D eigenvalue weighted by Crippen LogP contribution is -2.44. The van der Waals surface area contributed by atoms with Crippen LogP contribution in [0.2, 0.25) is 0 Å². The Kier molecular flexibility index (Phi) is 7.39. The molecule has 0 bridgehead atoms. The largest absolute Gasteiger partial charge is 0.462 e. The highest BCUT2D eigenvalue weighted by atomic mass is 32.2. The van der Waals surface area contributed by atoms with Gasteiger partial charge in [0.05, 0.1) is 12.5 Å². The molecule has 3 rings (SSSR count). The summed E-state index contributed by atoms with van der Waals surface area (Å²) in [5.74, 6) is 0.708. The lowest BCUT2D eigenvalue weighted by molar-refractivity contribution is -0.161. The number of cyclic esters (lactones) is 1. The van der Waals surface area contributed by atoms with Crippen LogP contribution in [0.15, 0.2) is 23.8 Å². The maximum atomic E-state index is 12.8. The van der Waals surface area contributed by atoms with Crippen LogP contribution in [0.5, 0.6) is 0 Å². The zero-order valence-electron chi connectivity index (χ0n) is 18.8. The second-order valence-corrected chi connectivity index (χ2v) is 11.2. The van der Waals surface area contributed by atoms with Crippen LogP contribution >= 0.6 is 11.8 Å². The number of hydrogen-bond acceptors (Lipinski definition) is 6. The van der Waals surface area contributed by atoms with E-state index in [9.17, 15) is 14.7 Å². The third-order valence-corrected chi connectivity index (χ3v) is 8.10. The lowest BCUT2D eigenvalue weighted by Gasteiger charge is -2.44. The molecule has 1 aliphatic heterocycles. The summed E-state index contributed by atoms with van der Waals surface area (Å²) in [6, 6.07) is 0. The molecule has 7 atom stereocenters. The predicted molar refractivity (Wildman–Crippen MR) is 119 cm³/mol. The molecule has 3 aliphatic rings. The number of rotatable bonds is 6. The monoisotopic (exact) mass is 436 g/mol. The summed E-state index contributed by atoms with van der Waals surface area (Å²) in [5, 5.41) is 9.92. The van der Waals surface area contributed by atoms with Crippen molar-refractivity contribution in [1.29, 1.82) is 0 Å². The van der Waals surface area contributed by atoms with Gasteiger partial charge in [-0.2, -0.15) is 0 Å². The van der Waals surface area contributed by atoms with Gasteiger partial charge < -0.3 is 14.6 Å². The minimum Gasteiger partial charge on any atom is -0.462 e. The van der Waals surface area contributed by atoms with E-state index < -0.39 is 10.9 Å². The SMILES string of the molecule is CSC(C)(C)C(=O)O[C@H]1C[C@@H](C)C=C2C=C[C@H](C)[C@H](CC[C@@H]3C[C@@H](O)CC(=O)O3)[C@H]21. The molecule has 0 aromatic carbocycles. The van der Waals surface area contributed by atoms with Gasteiger partial charge in [-0.3, -0.25) is 9.59 Å². The van der Waals surface area contributed by atoms with Gasteiger partial charge in [-0.05, 0) is 62.7 Å². The van der Waals surface area contributed by atoms with Crippen LogP contribution in [-0.2, 0) is 19.1 Å². The highest BCUT2D eigenvalue weighted by molar-refractivity contribution is 8.00. The van der Waals surface area contributed by atoms with E-state index in [1.54, 1.807) is 0 Å². The number of ether oxygens (including phenoxy) is 2. The molecule has 1 fully saturated rings. The Morgan fingerprint density at radius 3 is 2.70 bits per heavy atom. The van der Waals surface area contributed by atoms with Crippen LogP contribution in [0.25, 0.3) is 0 Å². The molecule has 0 aromatic heterocycles. The molecular weight excluding hydrogens is 400 g/mol. The Morgan fingerprint density at radius 1 is 1.30 bits per heavy atom. The van der Waals surface area contributed by atoms with Crippen molar-refractivity contribution in [3.05, 3.63) is 23.8 Å². The molecule has 30 heavy (non-hydrogen) atoms. The molecule has 2 aliphatic carbocycles. The Bertz CT molecular complexity index is 712. The zero-order chi connectivity index (χ0) is 22.1. The summed E-state index contributed by atoms with van der Waals surface area (Å²) in [5.41, 5.74) is 1.26. The van der Waals surface area contributed by atoms with Gasteiger partial charge in [-0.1, -0.05) is 32.1 Å². The third kappa shape index (κ3) is 5.31. The van der Waals surface area contributed by atoms with Gasteiger partial charge >= 0.3 is 11.9 Å². The summed E-state index contributed by atoms with van der Waals surface area (Å²) >= 11 is 1.51. The topological polar surface area (TPSA) is 72.8 Å². The van der Waals surface area contributed by atoms with Gasteiger partial charge in [0.25, 0.3) is 0 Å². The quantitative estimate of drug-likeness (QED) is 0.626. The van der Waals surface area contributed by atoms with Gasteiger partial charge in [0.2, 0.25) is 0 Å². The number of hydrogen-bond donors (Lipinski definition) is 1. The first-order chi connectivity index (χ1) is 14.1. The molecular formula is C24H36O5S. The Labute approximate surface area is 184 Å². The summed E-state index contributed by atoms with van der Waals surface area (Å²) in [6.45, 7) is 8.20. The van der Waals surface area contributed by atoms with Crippen LogP contribution in [0, 0.1) is 23.7 Å². The molecule has 6 heteroatoms. The molecule has 0 radical (unpaired) electrons. The van der Waals surface area contributed by atoms with Crippen molar-refractivity contribution >= 4 is 23.7 Å². The molecule has 0 spiro atoms. The normalized spacial score (nSPS) is 36.5. The number of esters is 2. The Hall–Kier alpha value is -1.27. The minimum absolute atomic E-state index is 0.0930. The Morgan fingerprint density at radius 2 is 2.03 bits per heavy atom. The maximum Gasteiger partial charge on any atom is 0.321 e. The van der Waals surface area contributed by atoms with E-state index >= 15 is 0 Å². The molecule has 0 saturated carbocycles. The van der Waals surface area contributed by atoms with Gasteiger partial charge in [-0.25, -0.2) is 0 Å². The van der Waals surface area contributed by atoms with E-state index in [1.165, 1.54) is 17.3 Å². The van der Waals surface area contributed by atoms with Crippen molar-refractivity contribution in [1.82, 2.24) is 0 Å². The van der Waals surface area contributed by atoms with Crippen LogP contribution in [0.1, 0.15) is 59.8 Å². The summed E-state index contributed by atoms with van der Waals surface area (Å²) < 4.78 is 11.0. The summed E-state index contributed by atoms with van der Waals surface area (Å²) in [4.78, 5) is 24.5. The standard InChI is InChI=1S/C24H36O5S/c1-14-10-16-7-6-15(2)19(9-8-18-12-17(25)13-21(26)28-18)22(16)20(11-14)29-23(27)24(3,4)30-5/h6-7,10,14-15,17-20,22,25H,8-9,11-13H2,1-5H3/t14-,15-,17+,18+,19-,20-,22-/m0/s1. The smallest absolute Gasteiger partial charge is 0.321 e. The molecule has 168 valence electrons. The number of fused-ring (bicyclic) bond motifs is 1. The maximum absolute atomic E-state index is 12.8. The molecule has 0 unspecified atom stereocenters. The first-order valence-corrected chi connectivity index (χ1v) is 12.4. The second-order valence-electron chi connectivity index (χ2n) is 9.73. The van der Waals surface area contributed by atoms with E-state index in [0.29, 0.717) is 24.2 Å². The molecule has 1 saturated heterocycles. The van der Waals surface area contributed by atoms with Gasteiger partial charge in [0.15, 0.2) is 0 Å². The number of aliphatic hydroxyl groups is 1. The highest BCUT2D eigenvalue weighted by Crippen LogP contribution is 2.45. The fourth-order valence-corrected chi connectivity index (χ4v) is 5.22. The first-order valence-electron chi connectivity index (χ1n) is 11.1. The van der Waals surface area contributed by atoms with E-state index in [0.717, 1.165) is 19.3 Å². The molecule has 1 N–H and O–H groups in total. The average molecular weight is 437 g/mol. The minimum atomic E-state index is -0.603. The van der Waals surface area contributed by atoms with Crippen LogP contribution in [0.3, 0.4) is 0 Å². The third-order valence-electron chi connectivity index (χ3n) is 6.91. The lowest BCUT2D eigenvalue weighted by atomic mass is 9.65. The van der Waals surface area contributed by atoms with E-state index in [-0.39, 0.29) is 36.5 Å². The van der Waals surface area contributed by atoms with Crippen LogP contribution in [-0.4, -0.2) is 46.4 Å². The van der Waals surface area contributed by atoms with Gasteiger partial charge in [-0.15, -0.1) is 11.8 Å². The van der Waals surface area contributed by atoms with Gasteiger partial charge in [0, 0.05) is 12.3 Å². The summed E-state index contributed by atoms with van der Waals surface area (Å²) in [6.07, 6.45) is 10.7. The number of carbonyl (C=O) groups is 2. The Balaban J connectivity index is 1.76. The van der Waals surface area contributed by atoms with Crippen molar-refractivity contribution < 1.29 is 24.2 Å². The van der Waals surface area contributed by atoms with Gasteiger partial charge in [0.1, 0.15) is 17.0 Å². The van der Waals surface area contributed by atoms with Crippen molar-refractivity contribution in [2.45, 2.75) is 82.9 Å². The average Bonchev–Trinajstić information content (AvgIpc) is 2.66. The number of aliphatic hydroxyl groups excluding tert-OH is 1. The fourth-order valence-electron chi connectivity index (χ4n) is 5.00. The van der Waals surface area contributed by atoms with Crippen molar-refractivity contribution in [3.63, 3.8) is 0 Å². The number of carbonyl (C=O) groups excluding carboxylic acids is 2. The number of thioether (sulfide) groups is 1. The number of allylic oxidation sites excluding steroid dienone is 3. The molecule has 5 nitrogen and oxygen atoms in total. The van der Waals surface area contributed by atoms with E-state index in [1.807, 2.05) is 20.1 Å². The predicted octanol–water partition coefficient (Wildman–Crippen LogP) is 4.29. The zero-order valence-corrected chi connectivity index (χ0v) is 19.6. The summed E-state index contributed by atoms with van der Waals surface area (Å²) in [7, 11) is 0. The molecule has 1 heterocycles. The van der Waals surface area contributed by atoms with Crippen molar-refractivity contribution in [2.75, 3.05) is 6.26 Å². The van der Waals surface area contributed by atoms with Crippen molar-refractivity contribution in [3.8, 4) is 0 Å².